The summed E-state index contributed by atoms with van der Waals surface area (Å²) in [5.41, 5.74) is 0.0237. The van der Waals surface area contributed by atoms with E-state index >= 15 is 0 Å². The van der Waals surface area contributed by atoms with E-state index in [1.165, 1.54) is 6.07 Å². The molecule has 0 aliphatic rings. The van der Waals surface area contributed by atoms with Gasteiger partial charge in [0, 0.05) is 5.56 Å². The van der Waals surface area contributed by atoms with Crippen molar-refractivity contribution in [2.45, 2.75) is 20.0 Å². The minimum atomic E-state index is -4.62. The Hall–Kier alpha value is -1.99. The van der Waals surface area contributed by atoms with Crippen molar-refractivity contribution < 1.29 is 18.0 Å². The molecule has 0 fully saturated rings. The summed E-state index contributed by atoms with van der Waals surface area (Å²) in [6.45, 7) is 4.00. The van der Waals surface area contributed by atoms with Gasteiger partial charge in [-0.2, -0.15) is 22.8 Å². The number of carbonyl (C=O) groups is 1. The van der Waals surface area contributed by atoms with Gasteiger partial charge in [0.2, 0.25) is 0 Å². The van der Waals surface area contributed by atoms with E-state index in [-0.39, 0.29) is 11.2 Å². The SMILES string of the molecule is CC.O=Cc1cnn2c(C(F)(F)F)nnc2c1. The highest BCUT2D eigenvalue weighted by Gasteiger charge is 2.37. The first-order chi connectivity index (χ1) is 8.02. The van der Waals surface area contributed by atoms with Crippen molar-refractivity contribution in [1.82, 2.24) is 19.8 Å². The maximum atomic E-state index is 12.3. The van der Waals surface area contributed by atoms with Crippen molar-refractivity contribution in [3.63, 3.8) is 0 Å². The second kappa shape index (κ2) is 4.89. The fraction of sp³-hybridized carbons (Fsp3) is 0.333. The first-order valence-corrected chi connectivity index (χ1v) is 4.76. The van der Waals surface area contributed by atoms with Crippen molar-refractivity contribution in [3.8, 4) is 0 Å². The largest absolute Gasteiger partial charge is 0.453 e. The number of fused-ring (bicyclic) bond motifs is 1. The number of hydrogen-bond acceptors (Lipinski definition) is 4. The van der Waals surface area contributed by atoms with E-state index in [0.717, 1.165) is 6.20 Å². The minimum absolute atomic E-state index is 0.119. The maximum absolute atomic E-state index is 12.3. The van der Waals surface area contributed by atoms with E-state index in [1.807, 2.05) is 13.8 Å². The number of carbonyl (C=O) groups excluding carboxylic acids is 1. The highest BCUT2D eigenvalue weighted by Crippen LogP contribution is 2.27. The van der Waals surface area contributed by atoms with Crippen molar-refractivity contribution in [2.75, 3.05) is 0 Å². The van der Waals surface area contributed by atoms with Gasteiger partial charge in [-0.05, 0) is 6.07 Å². The Kier molecular flexibility index (Phi) is 3.77. The molecule has 0 atom stereocenters. The number of nitrogens with zero attached hydrogens (tertiary/aromatic N) is 4. The van der Waals surface area contributed by atoms with Gasteiger partial charge in [-0.25, -0.2) is 0 Å². The molecule has 8 heteroatoms. The van der Waals surface area contributed by atoms with E-state index in [1.54, 1.807) is 0 Å². The van der Waals surface area contributed by atoms with Crippen LogP contribution < -0.4 is 0 Å². The van der Waals surface area contributed by atoms with E-state index in [9.17, 15) is 18.0 Å². The summed E-state index contributed by atoms with van der Waals surface area (Å²) in [5.74, 6) is -1.21. The number of aromatic nitrogens is 4. The fourth-order valence-electron chi connectivity index (χ4n) is 1.05. The molecule has 92 valence electrons. The second-order valence-electron chi connectivity index (χ2n) is 2.70. The van der Waals surface area contributed by atoms with Crippen LogP contribution in [0.3, 0.4) is 0 Å². The van der Waals surface area contributed by atoms with Gasteiger partial charge in [0.05, 0.1) is 6.20 Å². The zero-order valence-electron chi connectivity index (χ0n) is 9.06. The molecular formula is C9H9F3N4O. The molecule has 0 spiro atoms. The summed E-state index contributed by atoms with van der Waals surface area (Å²) in [6, 6.07) is 1.17. The van der Waals surface area contributed by atoms with Gasteiger partial charge in [0.25, 0.3) is 5.82 Å². The standard InChI is InChI=1S/C7H3F3N4O.C2H6/c8-7(9,10)6-13-12-5-1-4(3-15)2-11-14(5)6;1-2/h1-3H;1-2H3. The van der Waals surface area contributed by atoms with E-state index < -0.39 is 12.0 Å². The fourth-order valence-corrected chi connectivity index (χ4v) is 1.05. The first kappa shape index (κ1) is 13.1. The van der Waals surface area contributed by atoms with Crippen LogP contribution >= 0.6 is 0 Å². The third kappa shape index (κ3) is 2.58. The monoisotopic (exact) mass is 246 g/mol. The van der Waals surface area contributed by atoms with Crippen LogP contribution in [0.1, 0.15) is 30.0 Å². The van der Waals surface area contributed by atoms with Crippen molar-refractivity contribution in [1.29, 1.82) is 0 Å². The van der Waals surface area contributed by atoms with Crippen molar-refractivity contribution in [2.24, 2.45) is 0 Å². The molecule has 0 aliphatic carbocycles. The van der Waals surface area contributed by atoms with Crippen LogP contribution in [-0.2, 0) is 6.18 Å². The highest BCUT2D eigenvalue weighted by molar-refractivity contribution is 5.75. The Balaban J connectivity index is 0.000000686. The third-order valence-corrected chi connectivity index (χ3v) is 1.67. The lowest BCUT2D eigenvalue weighted by Gasteiger charge is -2.01. The summed E-state index contributed by atoms with van der Waals surface area (Å²) in [4.78, 5) is 10.3. The molecule has 0 unspecified atom stereocenters. The normalized spacial score (nSPS) is 10.9. The molecule has 2 aromatic rings. The van der Waals surface area contributed by atoms with Gasteiger partial charge in [0.15, 0.2) is 11.9 Å². The summed E-state index contributed by atoms with van der Waals surface area (Å²) in [5, 5.41) is 9.64. The predicted octanol–water partition coefficient (Wildman–Crippen LogP) is 1.98. The van der Waals surface area contributed by atoms with Gasteiger partial charge in [-0.1, -0.05) is 13.8 Å². The maximum Gasteiger partial charge on any atom is 0.453 e. The lowest BCUT2D eigenvalue weighted by molar-refractivity contribution is -0.146. The van der Waals surface area contributed by atoms with Gasteiger partial charge in [-0.15, -0.1) is 10.2 Å². The van der Waals surface area contributed by atoms with Crippen LogP contribution in [0.15, 0.2) is 12.3 Å². The molecule has 0 aromatic carbocycles. The smallest absolute Gasteiger partial charge is 0.298 e. The molecule has 0 N–H and O–H groups in total. The van der Waals surface area contributed by atoms with Crippen LogP contribution in [0.25, 0.3) is 5.65 Å². The second-order valence-corrected chi connectivity index (χ2v) is 2.70. The molecule has 5 nitrogen and oxygen atoms in total. The van der Waals surface area contributed by atoms with Gasteiger partial charge < -0.3 is 0 Å². The van der Waals surface area contributed by atoms with E-state index in [2.05, 4.69) is 15.3 Å². The first-order valence-electron chi connectivity index (χ1n) is 4.76. The zero-order chi connectivity index (χ0) is 13.1. The molecule has 0 bridgehead atoms. The molecule has 17 heavy (non-hydrogen) atoms. The number of rotatable bonds is 1. The summed E-state index contributed by atoms with van der Waals surface area (Å²) < 4.78 is 37.4. The molecule has 0 saturated carbocycles. The number of alkyl halides is 3. The van der Waals surface area contributed by atoms with Gasteiger partial charge >= 0.3 is 6.18 Å². The predicted molar refractivity (Wildman–Crippen MR) is 52.5 cm³/mol. The Morgan fingerprint density at radius 2 is 1.94 bits per heavy atom. The molecule has 0 saturated heterocycles. The van der Waals surface area contributed by atoms with E-state index in [4.69, 9.17) is 0 Å². The molecule has 2 heterocycles. The highest BCUT2D eigenvalue weighted by atomic mass is 19.4. The molecular weight excluding hydrogens is 237 g/mol. The average Bonchev–Trinajstić information content (AvgIpc) is 2.73. The van der Waals surface area contributed by atoms with Crippen LogP contribution in [0.5, 0.6) is 0 Å². The summed E-state index contributed by atoms with van der Waals surface area (Å²) in [6.07, 6.45) is -3.14. The minimum Gasteiger partial charge on any atom is -0.298 e. The van der Waals surface area contributed by atoms with Crippen LogP contribution in [0, 0.1) is 0 Å². The van der Waals surface area contributed by atoms with E-state index in [0.29, 0.717) is 10.8 Å². The van der Waals surface area contributed by atoms with Crippen molar-refractivity contribution >= 4 is 11.9 Å². The average molecular weight is 246 g/mol. The van der Waals surface area contributed by atoms with Crippen LogP contribution in [-0.4, -0.2) is 26.1 Å². The quantitative estimate of drug-likeness (QED) is 0.722. The molecule has 2 aromatic heterocycles. The summed E-state index contributed by atoms with van der Waals surface area (Å²) in [7, 11) is 0. The van der Waals surface area contributed by atoms with Crippen molar-refractivity contribution in [3.05, 3.63) is 23.7 Å². The topological polar surface area (TPSA) is 60.2 Å². The van der Waals surface area contributed by atoms with Gasteiger partial charge in [0.1, 0.15) is 0 Å². The Bertz CT molecular complexity index is 520. The molecule has 0 aliphatic heterocycles. The Labute approximate surface area is 94.3 Å². The molecule has 2 rings (SSSR count). The number of aldehydes is 1. The van der Waals surface area contributed by atoms with Crippen LogP contribution in [0.2, 0.25) is 0 Å². The Morgan fingerprint density at radius 1 is 1.29 bits per heavy atom. The number of halogens is 3. The number of hydrogen-bond donors (Lipinski definition) is 0. The molecule has 0 amide bonds. The lowest BCUT2D eigenvalue weighted by atomic mass is 10.3. The zero-order valence-corrected chi connectivity index (χ0v) is 9.06. The lowest BCUT2D eigenvalue weighted by Crippen LogP contribution is -2.12. The third-order valence-electron chi connectivity index (χ3n) is 1.67. The summed E-state index contributed by atoms with van der Waals surface area (Å²) >= 11 is 0. The van der Waals surface area contributed by atoms with Crippen LogP contribution in [0.4, 0.5) is 13.2 Å². The Morgan fingerprint density at radius 3 is 2.47 bits per heavy atom. The van der Waals surface area contributed by atoms with Gasteiger partial charge in [-0.3, -0.25) is 4.79 Å². The molecule has 0 radical (unpaired) electrons.